The van der Waals surface area contributed by atoms with Crippen LogP contribution >= 0.6 is 11.6 Å². The minimum Gasteiger partial charge on any atom is -0.379 e. The average Bonchev–Trinajstić information content (AvgIpc) is 2.66. The van der Waals surface area contributed by atoms with Crippen molar-refractivity contribution >= 4 is 27.3 Å². The summed E-state index contributed by atoms with van der Waals surface area (Å²) in [5.41, 5.74) is 0.423. The van der Waals surface area contributed by atoms with E-state index in [9.17, 15) is 8.42 Å². The Bertz CT molecular complexity index is 699. The van der Waals surface area contributed by atoms with Crippen LogP contribution in [0.25, 0.3) is 0 Å². The smallest absolute Gasteiger partial charge is 0.223 e. The maximum absolute atomic E-state index is 13.4. The molecule has 2 saturated heterocycles. The summed E-state index contributed by atoms with van der Waals surface area (Å²) in [5, 5.41) is 3.01. The molecule has 0 bridgehead atoms. The summed E-state index contributed by atoms with van der Waals surface area (Å²) in [6.07, 6.45) is 1.68. The molecular weight excluding hydrogens is 384 g/mol. The Morgan fingerprint density at radius 2 is 1.77 bits per heavy atom. The zero-order chi connectivity index (χ0) is 18.7. The number of ether oxygens (including phenoxy) is 2. The Kier molecular flexibility index (Phi) is 6.33. The molecule has 9 nitrogen and oxygen atoms in total. The number of nitrogens with zero attached hydrogens (tertiary/aromatic N) is 3. The van der Waals surface area contributed by atoms with E-state index in [1.807, 2.05) is 4.90 Å². The SMILES string of the molecule is C=C1/C(=N\ON)C(Cl)=CC(N2CCOCC2)C1S(=O)(=O)N1CCOCC1. The second-order valence-electron chi connectivity index (χ2n) is 6.20. The molecule has 2 N–H and O–H groups in total. The molecule has 2 atom stereocenters. The van der Waals surface area contributed by atoms with E-state index in [1.165, 1.54) is 4.31 Å². The lowest BCUT2D eigenvalue weighted by atomic mass is 9.94. The Morgan fingerprint density at radius 3 is 2.35 bits per heavy atom. The molecule has 146 valence electrons. The number of sulfonamides is 1. The van der Waals surface area contributed by atoms with Crippen molar-refractivity contribution in [3.63, 3.8) is 0 Å². The van der Waals surface area contributed by atoms with E-state index in [-0.39, 0.29) is 16.3 Å². The summed E-state index contributed by atoms with van der Waals surface area (Å²) < 4.78 is 38.9. The highest BCUT2D eigenvalue weighted by Gasteiger charge is 2.46. The average molecular weight is 407 g/mol. The number of hydrogen-bond donors (Lipinski definition) is 1. The van der Waals surface area contributed by atoms with Crippen molar-refractivity contribution in [1.82, 2.24) is 9.21 Å². The third kappa shape index (κ3) is 3.81. The van der Waals surface area contributed by atoms with Gasteiger partial charge in [-0.25, -0.2) is 8.42 Å². The fourth-order valence-electron chi connectivity index (χ4n) is 3.46. The standard InChI is InChI=1S/C15H23ClN4O5S/c1-11-14(18-25-17)12(16)10-13(19-2-6-23-7-3-19)15(11)26(21,22)20-4-8-24-9-5-20/h10,13,15H,1-9,17H2/b18-14+. The van der Waals surface area contributed by atoms with Gasteiger partial charge in [0.15, 0.2) is 0 Å². The second-order valence-corrected chi connectivity index (χ2v) is 8.66. The minimum absolute atomic E-state index is 0.153. The molecule has 26 heavy (non-hydrogen) atoms. The van der Waals surface area contributed by atoms with Gasteiger partial charge in [-0.15, -0.1) is 5.90 Å². The Balaban J connectivity index is 2.01. The zero-order valence-corrected chi connectivity index (χ0v) is 15.9. The molecule has 0 amide bonds. The molecule has 0 aromatic heterocycles. The summed E-state index contributed by atoms with van der Waals surface area (Å²) in [7, 11) is -3.72. The quantitative estimate of drug-likeness (QED) is 0.636. The molecule has 11 heteroatoms. The molecule has 2 unspecified atom stereocenters. The largest absolute Gasteiger partial charge is 0.379 e. The topological polar surface area (TPSA) is 107 Å². The van der Waals surface area contributed by atoms with Crippen LogP contribution in [0.5, 0.6) is 0 Å². The fraction of sp³-hybridized carbons (Fsp3) is 0.667. The van der Waals surface area contributed by atoms with Crippen LogP contribution in [0.3, 0.4) is 0 Å². The summed E-state index contributed by atoms with van der Waals surface area (Å²) >= 11 is 6.32. The summed E-state index contributed by atoms with van der Waals surface area (Å²) in [4.78, 5) is 6.39. The number of rotatable bonds is 4. The van der Waals surface area contributed by atoms with Crippen molar-refractivity contribution in [1.29, 1.82) is 0 Å². The summed E-state index contributed by atoms with van der Waals surface area (Å²) in [6, 6.07) is -0.469. The van der Waals surface area contributed by atoms with Gasteiger partial charge in [-0.3, -0.25) is 4.90 Å². The van der Waals surface area contributed by atoms with Gasteiger partial charge < -0.3 is 14.4 Å². The number of oxime groups is 1. The lowest BCUT2D eigenvalue weighted by molar-refractivity contribution is 0.0255. The van der Waals surface area contributed by atoms with Crippen LogP contribution in [-0.4, -0.2) is 87.2 Å². The maximum Gasteiger partial charge on any atom is 0.223 e. The van der Waals surface area contributed by atoms with Crippen LogP contribution in [0, 0.1) is 0 Å². The lowest BCUT2D eigenvalue weighted by Crippen LogP contribution is -2.57. The van der Waals surface area contributed by atoms with E-state index in [1.54, 1.807) is 6.08 Å². The molecule has 0 radical (unpaired) electrons. The van der Waals surface area contributed by atoms with Gasteiger partial charge in [0.2, 0.25) is 10.0 Å². The molecular formula is C15H23ClN4O5S. The molecule has 0 aromatic rings. The van der Waals surface area contributed by atoms with Crippen LogP contribution in [0.15, 0.2) is 28.4 Å². The summed E-state index contributed by atoms with van der Waals surface area (Å²) in [5.74, 6) is 5.04. The highest BCUT2D eigenvalue weighted by molar-refractivity contribution is 7.90. The Hall–Kier alpha value is -1.01. The molecule has 0 aromatic carbocycles. The van der Waals surface area contributed by atoms with E-state index in [4.69, 9.17) is 27.0 Å². The number of halogens is 1. The molecule has 2 aliphatic heterocycles. The van der Waals surface area contributed by atoms with Crippen LogP contribution in [0.4, 0.5) is 0 Å². The zero-order valence-electron chi connectivity index (χ0n) is 14.3. The molecule has 0 saturated carbocycles. The maximum atomic E-state index is 13.4. The van der Waals surface area contributed by atoms with Crippen molar-refractivity contribution in [2.75, 3.05) is 52.6 Å². The van der Waals surface area contributed by atoms with Gasteiger partial charge in [-0.05, 0) is 11.6 Å². The van der Waals surface area contributed by atoms with E-state index in [0.717, 1.165) is 0 Å². The fourth-order valence-corrected chi connectivity index (χ4v) is 5.79. The Morgan fingerprint density at radius 1 is 1.19 bits per heavy atom. The monoisotopic (exact) mass is 406 g/mol. The third-order valence-corrected chi connectivity index (χ3v) is 7.36. The third-order valence-electron chi connectivity index (χ3n) is 4.76. The highest BCUT2D eigenvalue weighted by Crippen LogP contribution is 2.33. The van der Waals surface area contributed by atoms with Crippen LogP contribution in [0.2, 0.25) is 0 Å². The normalized spacial score (nSPS) is 31.1. The Labute approximate surface area is 158 Å². The molecule has 1 aliphatic carbocycles. The number of allylic oxidation sites excluding steroid dienone is 1. The molecule has 3 aliphatic rings. The minimum atomic E-state index is -3.72. The molecule has 2 fully saturated rings. The number of nitrogens with two attached hydrogens (primary N) is 1. The van der Waals surface area contributed by atoms with E-state index < -0.39 is 21.3 Å². The highest BCUT2D eigenvalue weighted by atomic mass is 35.5. The first kappa shape index (κ1) is 19.7. The first-order valence-corrected chi connectivity index (χ1v) is 10.2. The predicted octanol–water partition coefficient (Wildman–Crippen LogP) is -0.343. The van der Waals surface area contributed by atoms with Crippen molar-refractivity contribution < 1.29 is 22.8 Å². The van der Waals surface area contributed by atoms with Gasteiger partial charge in [-0.2, -0.15) is 4.31 Å². The van der Waals surface area contributed by atoms with Crippen LogP contribution in [-0.2, 0) is 24.4 Å². The van der Waals surface area contributed by atoms with Gasteiger partial charge in [-0.1, -0.05) is 23.3 Å². The van der Waals surface area contributed by atoms with Crippen molar-refractivity contribution in [3.05, 3.63) is 23.3 Å². The molecule has 2 heterocycles. The van der Waals surface area contributed by atoms with Crippen molar-refractivity contribution in [2.45, 2.75) is 11.3 Å². The van der Waals surface area contributed by atoms with Crippen LogP contribution < -0.4 is 5.90 Å². The second kappa shape index (κ2) is 8.34. The van der Waals surface area contributed by atoms with Gasteiger partial charge in [0.25, 0.3) is 0 Å². The number of hydrogen-bond acceptors (Lipinski definition) is 8. The molecule has 3 rings (SSSR count). The van der Waals surface area contributed by atoms with Gasteiger partial charge in [0.1, 0.15) is 11.0 Å². The molecule has 0 spiro atoms. The lowest BCUT2D eigenvalue weighted by Gasteiger charge is -2.42. The summed E-state index contributed by atoms with van der Waals surface area (Å²) in [6.45, 7) is 7.58. The first-order chi connectivity index (χ1) is 12.5. The predicted molar refractivity (Wildman–Crippen MR) is 97.1 cm³/mol. The van der Waals surface area contributed by atoms with E-state index in [0.29, 0.717) is 52.6 Å². The van der Waals surface area contributed by atoms with Gasteiger partial charge in [0.05, 0.1) is 37.5 Å². The van der Waals surface area contributed by atoms with E-state index >= 15 is 0 Å². The van der Waals surface area contributed by atoms with Crippen LogP contribution in [0.1, 0.15) is 0 Å². The van der Waals surface area contributed by atoms with Gasteiger partial charge >= 0.3 is 0 Å². The van der Waals surface area contributed by atoms with Crippen molar-refractivity contribution in [3.8, 4) is 0 Å². The first-order valence-electron chi connectivity index (χ1n) is 8.36. The van der Waals surface area contributed by atoms with Gasteiger partial charge in [0, 0.05) is 26.2 Å². The van der Waals surface area contributed by atoms with Crippen molar-refractivity contribution in [2.24, 2.45) is 11.1 Å². The van der Waals surface area contributed by atoms with E-state index in [2.05, 4.69) is 16.7 Å². The number of morpholine rings is 2.